The molecule has 0 fully saturated rings. The van der Waals surface area contributed by atoms with Crippen LogP contribution in [0.25, 0.3) is 44.4 Å². The molecular weight excluding hydrogens is 1020 g/mol. The summed E-state index contributed by atoms with van der Waals surface area (Å²) in [6.45, 7) is 9.43. The van der Waals surface area contributed by atoms with E-state index in [4.69, 9.17) is 41.7 Å². The number of fused-ring (bicyclic) bond motifs is 4. The topological polar surface area (TPSA) is 326 Å². The van der Waals surface area contributed by atoms with Crippen molar-refractivity contribution in [3.63, 3.8) is 0 Å². The lowest BCUT2D eigenvalue weighted by molar-refractivity contribution is -0.138. The predicted molar refractivity (Wildman–Crippen MR) is 294 cm³/mol. The summed E-state index contributed by atoms with van der Waals surface area (Å²) in [4.78, 5) is 101. The number of hydrogen-bond acceptors (Lipinski definition) is 15. The third-order valence-electron chi connectivity index (χ3n) is 13.0. The number of hydrogen-bond donors (Lipinski definition) is 5. The van der Waals surface area contributed by atoms with E-state index in [0.717, 1.165) is 28.5 Å². The summed E-state index contributed by atoms with van der Waals surface area (Å²) < 4.78 is 19.4. The van der Waals surface area contributed by atoms with E-state index in [9.17, 15) is 33.6 Å². The number of allylic oxidation sites excluding steroid dienone is 2. The molecule has 2 atom stereocenters. The number of aldehydes is 1. The molecule has 7 aromatic rings. The highest BCUT2D eigenvalue weighted by Gasteiger charge is 2.25. The van der Waals surface area contributed by atoms with E-state index in [2.05, 4.69) is 15.5 Å². The fourth-order valence-corrected chi connectivity index (χ4v) is 9.82. The van der Waals surface area contributed by atoms with Crippen LogP contribution < -0.4 is 32.0 Å². The molecule has 8 N–H and O–H groups in total. The number of pyridine rings is 1. The number of carboxylic acid groups (broad SMARTS) is 1. The molecule has 2 aromatic carbocycles. The largest absolute Gasteiger partial charge is 0.495 e. The number of nitrogens with one attached hydrogen (secondary N) is 1. The van der Waals surface area contributed by atoms with Crippen LogP contribution in [0.15, 0.2) is 60.7 Å². The van der Waals surface area contributed by atoms with Crippen LogP contribution in [0.5, 0.6) is 11.5 Å². The molecule has 0 spiro atoms. The average molecular weight is 1090 g/mol. The minimum absolute atomic E-state index is 0.00724. The van der Waals surface area contributed by atoms with E-state index < -0.39 is 35.0 Å². The van der Waals surface area contributed by atoms with Crippen molar-refractivity contribution in [3.05, 3.63) is 88.9 Å². The van der Waals surface area contributed by atoms with Gasteiger partial charge in [0.05, 0.1) is 52.8 Å². The van der Waals surface area contributed by atoms with Gasteiger partial charge in [0.2, 0.25) is 29.6 Å². The van der Waals surface area contributed by atoms with Gasteiger partial charge in [-0.2, -0.15) is 10.2 Å². The maximum atomic E-state index is 14.0. The molecule has 5 amide bonds. The zero-order valence-electron chi connectivity index (χ0n) is 44.5. The third kappa shape index (κ3) is 12.8. The van der Waals surface area contributed by atoms with E-state index in [1.807, 2.05) is 60.4 Å². The van der Waals surface area contributed by atoms with Crippen molar-refractivity contribution in [3.8, 4) is 22.9 Å². The van der Waals surface area contributed by atoms with Crippen molar-refractivity contribution in [2.45, 2.75) is 84.4 Å². The van der Waals surface area contributed by atoms with Gasteiger partial charge < -0.3 is 55.5 Å². The molecule has 78 heavy (non-hydrogen) atoms. The zero-order chi connectivity index (χ0) is 56.5. The number of imidazole rings is 1. The molecule has 412 valence electrons. The van der Waals surface area contributed by atoms with Crippen LogP contribution in [-0.2, 0) is 45.4 Å². The van der Waals surface area contributed by atoms with Crippen molar-refractivity contribution >= 4 is 92.5 Å². The second-order valence-electron chi connectivity index (χ2n) is 18.5. The first-order valence-corrected chi connectivity index (χ1v) is 26.2. The van der Waals surface area contributed by atoms with Crippen molar-refractivity contribution in [1.29, 1.82) is 0 Å². The van der Waals surface area contributed by atoms with Crippen LogP contribution in [-0.4, -0.2) is 153 Å². The number of aromatic nitrogens is 8. The number of ether oxygens (including phenoxy) is 2. The monoisotopic (exact) mass is 1090 g/mol. The molecular formula is C53H64N14O10S. The van der Waals surface area contributed by atoms with Gasteiger partial charge in [0, 0.05) is 93.9 Å². The van der Waals surface area contributed by atoms with Gasteiger partial charge in [-0.25, -0.2) is 9.97 Å². The molecule has 24 nitrogen and oxygen atoms in total. The average Bonchev–Trinajstić information content (AvgIpc) is 4.27. The van der Waals surface area contributed by atoms with E-state index >= 15 is 0 Å². The van der Waals surface area contributed by atoms with Crippen LogP contribution >= 0.6 is 11.8 Å². The number of rotatable bonds is 27. The lowest BCUT2D eigenvalue weighted by atomic mass is 10.1. The van der Waals surface area contributed by atoms with Crippen molar-refractivity contribution < 1.29 is 48.1 Å². The van der Waals surface area contributed by atoms with Gasteiger partial charge in [-0.3, -0.25) is 43.4 Å². The second-order valence-corrected chi connectivity index (χ2v) is 19.8. The minimum atomic E-state index is -1.21. The quantitative estimate of drug-likeness (QED) is 0.0274. The molecule has 0 aliphatic rings. The highest BCUT2D eigenvalue weighted by atomic mass is 32.2. The number of amides is 5. The fraction of sp³-hybridized carbons (Fsp3) is 0.377. The van der Waals surface area contributed by atoms with Gasteiger partial charge in [-0.05, 0) is 82.6 Å². The Kier molecular flexibility index (Phi) is 18.3. The lowest BCUT2D eigenvalue weighted by Crippen LogP contribution is -2.36. The summed E-state index contributed by atoms with van der Waals surface area (Å²) in [5.41, 5.74) is 22.9. The number of carboxylic acids is 1. The number of aryl methyl sites for hydroxylation is 4. The zero-order valence-corrected chi connectivity index (χ0v) is 45.3. The molecule has 0 radical (unpaired) electrons. The van der Waals surface area contributed by atoms with Crippen LogP contribution in [0.1, 0.15) is 75.7 Å². The Balaban J connectivity index is 1.15. The summed E-state index contributed by atoms with van der Waals surface area (Å²) in [5, 5.41) is 21.7. The van der Waals surface area contributed by atoms with E-state index in [-0.39, 0.29) is 86.0 Å². The smallest absolute Gasteiger partial charge is 0.321 e. The van der Waals surface area contributed by atoms with E-state index in [1.54, 1.807) is 41.4 Å². The molecule has 5 aromatic heterocycles. The highest BCUT2D eigenvalue weighted by molar-refractivity contribution is 8.00. The summed E-state index contributed by atoms with van der Waals surface area (Å²) in [6, 6.07) is 12.7. The molecule has 0 bridgehead atoms. The van der Waals surface area contributed by atoms with Gasteiger partial charge in [0.15, 0.2) is 0 Å². The van der Waals surface area contributed by atoms with Gasteiger partial charge in [-0.1, -0.05) is 12.2 Å². The van der Waals surface area contributed by atoms with Gasteiger partial charge in [0.25, 0.3) is 5.91 Å². The van der Waals surface area contributed by atoms with E-state index in [0.29, 0.717) is 76.2 Å². The van der Waals surface area contributed by atoms with Crippen molar-refractivity contribution in [1.82, 2.24) is 48.5 Å². The van der Waals surface area contributed by atoms with Gasteiger partial charge >= 0.3 is 5.97 Å². The van der Waals surface area contributed by atoms with Crippen molar-refractivity contribution in [2.24, 2.45) is 17.2 Å². The van der Waals surface area contributed by atoms with Crippen molar-refractivity contribution in [2.75, 3.05) is 52.0 Å². The summed E-state index contributed by atoms with van der Waals surface area (Å²) >= 11 is 0.980. The Morgan fingerprint density at radius 2 is 1.46 bits per heavy atom. The summed E-state index contributed by atoms with van der Waals surface area (Å²) in [7, 11) is 4.65. The minimum Gasteiger partial charge on any atom is -0.495 e. The number of carbonyl (C=O) groups is 7. The van der Waals surface area contributed by atoms with Crippen LogP contribution in [0.3, 0.4) is 0 Å². The molecule has 0 saturated carbocycles. The SMILES string of the molecule is CCn1nc(C)cc1C(=O)Nc1nc2cc(C(N)=O)cc(OCCCN(C)C(=O)CCN(C)C(=O)CC(C=O)SCC(N)C(=O)O)c2n1C/C=C/Cn1c2nc(-c3cc(C)nn3CC)ccc2c2cc(C(N)=O)cc(OC)c21. The Morgan fingerprint density at radius 3 is 2.13 bits per heavy atom. The number of anilines is 1. The third-order valence-corrected chi connectivity index (χ3v) is 14.2. The highest BCUT2D eigenvalue weighted by Crippen LogP contribution is 2.37. The summed E-state index contributed by atoms with van der Waals surface area (Å²) in [6.07, 6.45) is 4.53. The molecule has 2 unspecified atom stereocenters. The molecule has 0 aliphatic heterocycles. The van der Waals surface area contributed by atoms with Gasteiger partial charge in [0.1, 0.15) is 40.7 Å². The van der Waals surface area contributed by atoms with E-state index in [1.165, 1.54) is 36.1 Å². The molecule has 0 aliphatic carbocycles. The Hall–Kier alpha value is -8.58. The molecule has 5 heterocycles. The maximum absolute atomic E-state index is 14.0. The number of methoxy groups -OCH3 is 1. The lowest BCUT2D eigenvalue weighted by Gasteiger charge is -2.22. The standard InChI is InChI=1S/C53H64N14O10S/c1-8-66-40(21-30(3)60-66)38-14-13-35-36-23-32(48(55)71)25-42(76-7)46(36)64(50(35)57-38)17-10-11-18-65-47-39(58-53(65)59-51(73)41-22-31(4)61-67(41)9-2)24-33(49(56)72)26-43(47)77-20-12-16-62(5)44(69)15-19-63(6)45(70)27-34(28-68)78-29-37(54)52(74)75/h10-11,13-14,21-26,28,34,37H,8-9,12,15-20,27,29,54H2,1-7H3,(H2,55,71)(H2,56,72)(H,74,75)(H,58,59,73)/b11-10+. The van der Waals surface area contributed by atoms with Gasteiger partial charge in [-0.15, -0.1) is 11.8 Å². The maximum Gasteiger partial charge on any atom is 0.321 e. The first kappa shape index (κ1) is 57.1. The number of nitrogens with two attached hydrogens (primary N) is 3. The first-order valence-electron chi connectivity index (χ1n) is 25.1. The Labute approximate surface area is 452 Å². The predicted octanol–water partition coefficient (Wildman–Crippen LogP) is 4.15. The number of aliphatic carboxylic acids is 1. The van der Waals surface area contributed by atoms with Crippen LogP contribution in [0.4, 0.5) is 5.95 Å². The normalized spacial score (nSPS) is 12.3. The Morgan fingerprint density at radius 1 is 0.808 bits per heavy atom. The molecule has 7 rings (SSSR count). The molecule has 25 heteroatoms. The summed E-state index contributed by atoms with van der Waals surface area (Å²) in [5.74, 6) is -2.94. The van der Waals surface area contributed by atoms with Crippen LogP contribution in [0.2, 0.25) is 0 Å². The van der Waals surface area contributed by atoms with Crippen LogP contribution in [0, 0.1) is 13.8 Å². The second kappa shape index (κ2) is 25.1. The number of thioether (sulfide) groups is 1. The number of carbonyl (C=O) groups excluding carboxylic acids is 6. The first-order chi connectivity index (χ1) is 37.3. The molecule has 0 saturated heterocycles. The number of nitrogens with zero attached hydrogens (tertiary/aromatic N) is 10. The fourth-order valence-electron chi connectivity index (χ4n) is 8.88. The number of benzene rings is 2. The Bertz CT molecular complexity index is 3470. The number of primary amides is 2.